The van der Waals surface area contributed by atoms with Gasteiger partial charge in [-0.05, 0) is 42.1 Å². The second-order valence-electron chi connectivity index (χ2n) is 7.55. The Kier molecular flexibility index (Phi) is 4.86. The summed E-state index contributed by atoms with van der Waals surface area (Å²) in [6.45, 7) is -2.49. The molecule has 6 nitrogen and oxygen atoms in total. The van der Waals surface area contributed by atoms with Gasteiger partial charge in [-0.3, -0.25) is 24.5 Å². The molecule has 2 aliphatic heterocycles. The van der Waals surface area contributed by atoms with Crippen molar-refractivity contribution in [2.24, 2.45) is 0 Å². The maximum absolute atomic E-state index is 14.6. The maximum atomic E-state index is 14.6. The normalized spacial score (nSPS) is 21.5. The lowest BCUT2D eigenvalue weighted by Gasteiger charge is -2.29. The minimum absolute atomic E-state index is 0.0711. The van der Waals surface area contributed by atoms with Crippen molar-refractivity contribution in [1.29, 1.82) is 0 Å². The maximum Gasteiger partial charge on any atom is 0.330 e. The van der Waals surface area contributed by atoms with Crippen LogP contribution in [0.2, 0.25) is 5.02 Å². The molecule has 9 heteroatoms. The predicted octanol–water partition coefficient (Wildman–Crippen LogP) is 3.39. The zero-order valence-corrected chi connectivity index (χ0v) is 17.3. The van der Waals surface area contributed by atoms with E-state index in [-0.39, 0.29) is 47.0 Å². The zero-order valence-electron chi connectivity index (χ0n) is 19.6. The summed E-state index contributed by atoms with van der Waals surface area (Å²) in [4.78, 5) is 49.7. The number of carbonyl (C=O) groups is 4. The monoisotopic (exact) mass is 463 g/mol. The summed E-state index contributed by atoms with van der Waals surface area (Å²) in [5.74, 6) is -7.34. The van der Waals surface area contributed by atoms with Crippen LogP contribution in [0.25, 0.3) is 0 Å². The molecule has 2 aromatic carbocycles. The molecule has 0 aliphatic carbocycles. The van der Waals surface area contributed by atoms with Gasteiger partial charge in [0, 0.05) is 35.5 Å². The van der Waals surface area contributed by atoms with Gasteiger partial charge in [0.05, 0.1) is 4.11 Å². The number of Topliss-reactive ketones (excluding diaryl/α,β-unsaturated/α-hetero) is 1. The highest BCUT2D eigenvalue weighted by Gasteiger charge is 2.41. The van der Waals surface area contributed by atoms with Crippen molar-refractivity contribution >= 4 is 35.1 Å². The van der Waals surface area contributed by atoms with E-state index in [9.17, 15) is 28.0 Å². The summed E-state index contributed by atoms with van der Waals surface area (Å²) in [5.41, 5.74) is -0.729. The van der Waals surface area contributed by atoms with E-state index in [0.717, 1.165) is 12.1 Å². The molecule has 0 spiro atoms. The van der Waals surface area contributed by atoms with Gasteiger partial charge in [0.2, 0.25) is 17.6 Å². The number of piperidine rings is 1. The number of nitrogens with one attached hydrogen (secondary N) is 1. The number of imide groups is 1. The number of fused-ring (bicyclic) bond motifs is 1. The zero-order chi connectivity index (χ0) is 25.7. The molecule has 3 amide bonds. The van der Waals surface area contributed by atoms with Crippen LogP contribution < -0.4 is 5.32 Å². The number of rotatable bonds is 6. The lowest BCUT2D eigenvalue weighted by atomic mass is 9.97. The largest absolute Gasteiger partial charge is 0.330 e. The van der Waals surface area contributed by atoms with E-state index >= 15 is 0 Å². The van der Waals surface area contributed by atoms with Crippen molar-refractivity contribution in [2.45, 2.75) is 44.1 Å². The molecule has 1 N–H and O–H groups in total. The van der Waals surface area contributed by atoms with Crippen LogP contribution in [0.1, 0.15) is 50.4 Å². The Balaban J connectivity index is 1.57. The first-order valence-corrected chi connectivity index (χ1v) is 10.2. The van der Waals surface area contributed by atoms with Gasteiger partial charge >= 0.3 is 5.92 Å². The molecule has 4 rings (SSSR count). The van der Waals surface area contributed by atoms with Gasteiger partial charge in [-0.15, -0.1) is 0 Å². The Morgan fingerprint density at radius 1 is 1.25 bits per heavy atom. The van der Waals surface area contributed by atoms with E-state index in [1.807, 2.05) is 0 Å². The number of hydrogen-bond donors (Lipinski definition) is 1. The smallest absolute Gasteiger partial charge is 0.322 e. The number of carbonyl (C=O) groups excluding carboxylic acids is 4. The molecule has 166 valence electrons. The van der Waals surface area contributed by atoms with Gasteiger partial charge in [0.15, 0.2) is 0 Å². The number of nitrogens with zero attached hydrogens (tertiary/aromatic N) is 1. The summed E-state index contributed by atoms with van der Waals surface area (Å²) in [5, 5.41) is 2.32. The third kappa shape index (κ3) is 4.14. The third-order valence-corrected chi connectivity index (χ3v) is 5.65. The first-order chi connectivity index (χ1) is 16.3. The Morgan fingerprint density at radius 2 is 1.97 bits per heavy atom. The molecule has 0 saturated carbocycles. The number of amides is 3. The molecule has 1 atom stereocenters. The number of hydrogen-bond acceptors (Lipinski definition) is 4. The van der Waals surface area contributed by atoms with Crippen LogP contribution in [-0.2, 0) is 33.2 Å². The van der Waals surface area contributed by atoms with Crippen LogP contribution >= 0.6 is 11.6 Å². The van der Waals surface area contributed by atoms with Crippen molar-refractivity contribution in [3.8, 4) is 0 Å². The highest BCUT2D eigenvalue weighted by molar-refractivity contribution is 6.30. The van der Waals surface area contributed by atoms with E-state index < -0.39 is 54.0 Å². The summed E-state index contributed by atoms with van der Waals surface area (Å²) >= 11 is 5.71. The quantitative estimate of drug-likeness (QED) is 0.665. The highest BCUT2D eigenvalue weighted by atomic mass is 35.5. The van der Waals surface area contributed by atoms with Gasteiger partial charge in [-0.2, -0.15) is 8.78 Å². The first-order valence-electron chi connectivity index (χ1n) is 11.3. The number of aryl methyl sites for hydroxylation is 1. The highest BCUT2D eigenvalue weighted by Crippen LogP contribution is 2.32. The van der Waals surface area contributed by atoms with Gasteiger partial charge in [-0.25, -0.2) is 0 Å². The molecule has 1 fully saturated rings. The molecule has 32 heavy (non-hydrogen) atoms. The van der Waals surface area contributed by atoms with Crippen molar-refractivity contribution in [3.05, 3.63) is 69.7 Å². The summed E-state index contributed by atoms with van der Waals surface area (Å²) in [6.07, 6.45) is -0.959. The second kappa shape index (κ2) is 8.43. The third-order valence-electron chi connectivity index (χ3n) is 5.39. The number of benzene rings is 2. The van der Waals surface area contributed by atoms with Crippen molar-refractivity contribution < 1.29 is 32.1 Å². The van der Waals surface area contributed by atoms with Gasteiger partial charge in [0.25, 0.3) is 5.91 Å². The predicted molar refractivity (Wildman–Crippen MR) is 111 cm³/mol. The van der Waals surface area contributed by atoms with E-state index in [1.165, 1.54) is 24.3 Å². The van der Waals surface area contributed by atoms with Crippen molar-refractivity contribution in [3.63, 3.8) is 0 Å². The van der Waals surface area contributed by atoms with Gasteiger partial charge < -0.3 is 4.90 Å². The average Bonchev–Trinajstić information content (AvgIpc) is 2.98. The Morgan fingerprint density at radius 3 is 2.66 bits per heavy atom. The lowest BCUT2D eigenvalue weighted by Crippen LogP contribution is -2.52. The fraction of sp³-hybridized carbons (Fsp3) is 0.304. The molecule has 1 unspecified atom stereocenters. The summed E-state index contributed by atoms with van der Waals surface area (Å²) < 4.78 is 54.4. The van der Waals surface area contributed by atoms with Crippen LogP contribution in [0, 0.1) is 0 Å². The average molecular weight is 464 g/mol. The number of halogens is 3. The van der Waals surface area contributed by atoms with E-state index in [0.29, 0.717) is 4.90 Å². The van der Waals surface area contributed by atoms with Crippen LogP contribution in [0.3, 0.4) is 0 Å². The van der Waals surface area contributed by atoms with Crippen molar-refractivity contribution in [1.82, 2.24) is 10.2 Å². The molecule has 2 heterocycles. The van der Waals surface area contributed by atoms with Gasteiger partial charge in [-0.1, -0.05) is 35.9 Å². The Hall–Kier alpha value is -3.13. The molecule has 2 aromatic rings. The van der Waals surface area contributed by atoms with Crippen molar-refractivity contribution in [2.75, 3.05) is 0 Å². The summed E-state index contributed by atoms with van der Waals surface area (Å²) in [6, 6.07) is 5.49. The van der Waals surface area contributed by atoms with Gasteiger partial charge in [0.1, 0.15) is 6.04 Å². The van der Waals surface area contributed by atoms with E-state index in [1.54, 1.807) is 0 Å². The minimum Gasteiger partial charge on any atom is -0.322 e. The first kappa shape index (κ1) is 18.4. The van der Waals surface area contributed by atoms with E-state index in [2.05, 4.69) is 5.32 Å². The molecule has 0 aromatic heterocycles. The SMILES string of the molecule is [2H]c1cc(CCC(=O)C(F)(F)c2ccc(Cl)cc2)cc2c1C(=O)N(C1CCC(=O)NC1=O)C2([2H])[2H]. The van der Waals surface area contributed by atoms with Crippen LogP contribution in [-0.4, -0.2) is 34.4 Å². The van der Waals surface area contributed by atoms with Crippen LogP contribution in [0.15, 0.2) is 42.4 Å². The minimum atomic E-state index is -3.77. The van der Waals surface area contributed by atoms with Crippen LogP contribution in [0.5, 0.6) is 0 Å². The topological polar surface area (TPSA) is 83.6 Å². The fourth-order valence-electron chi connectivity index (χ4n) is 3.64. The standard InChI is InChI=1S/C23H19ClF2N2O4/c24-16-5-3-15(4-6-16)23(25,26)19(29)9-2-13-1-7-17-14(11-13)12-28(22(17)32)18-8-10-20(30)27-21(18)31/h1,3-7,11,18H,2,8-10,12H2,(H,27,30,31)/i7D,12D2. The number of alkyl halides is 2. The molecule has 2 aliphatic rings. The molecular weight excluding hydrogens is 442 g/mol. The van der Waals surface area contributed by atoms with E-state index in [4.69, 9.17) is 15.7 Å². The molecular formula is C23H19ClF2N2O4. The molecule has 1 saturated heterocycles. The Bertz CT molecular complexity index is 1250. The molecule has 0 bridgehead atoms. The lowest BCUT2D eigenvalue weighted by molar-refractivity contribution is -0.144. The van der Waals surface area contributed by atoms with Crippen LogP contribution in [0.4, 0.5) is 8.78 Å². The fourth-order valence-corrected chi connectivity index (χ4v) is 3.76. The Labute approximate surface area is 191 Å². The number of ketones is 1. The molecule has 0 radical (unpaired) electrons. The second-order valence-corrected chi connectivity index (χ2v) is 7.99. The summed E-state index contributed by atoms with van der Waals surface area (Å²) in [7, 11) is 0.